The molecule has 0 bridgehead atoms. The Labute approximate surface area is 115 Å². The number of halogens is 1. The number of aromatic nitrogens is 2. The number of nitrogens with zero attached hydrogens (tertiary/aromatic N) is 3. The summed E-state index contributed by atoms with van der Waals surface area (Å²) in [5.41, 5.74) is 1.89. The Morgan fingerprint density at radius 2 is 2.11 bits per heavy atom. The van der Waals surface area contributed by atoms with Gasteiger partial charge in [-0.15, -0.1) is 0 Å². The SMILES string of the molecule is CN(CC(C)(C)O)c1ccnc2cc(Br)cnc12. The van der Waals surface area contributed by atoms with E-state index in [-0.39, 0.29) is 0 Å². The number of anilines is 1. The summed E-state index contributed by atoms with van der Waals surface area (Å²) in [7, 11) is 1.94. The van der Waals surface area contributed by atoms with E-state index in [1.54, 1.807) is 26.2 Å². The molecule has 0 saturated heterocycles. The van der Waals surface area contributed by atoms with E-state index < -0.39 is 5.60 Å². The molecule has 2 aromatic rings. The molecule has 0 radical (unpaired) electrons. The molecule has 18 heavy (non-hydrogen) atoms. The van der Waals surface area contributed by atoms with Crippen molar-refractivity contribution in [3.63, 3.8) is 0 Å². The normalized spacial score (nSPS) is 11.8. The van der Waals surface area contributed by atoms with Gasteiger partial charge in [-0.25, -0.2) is 0 Å². The second-order valence-electron chi connectivity index (χ2n) is 5.02. The standard InChI is InChI=1S/C13H16BrN3O/c1-13(2,18)8-17(3)11-4-5-15-10-6-9(14)7-16-12(10)11/h4-7,18H,8H2,1-3H3. The number of pyridine rings is 2. The smallest absolute Gasteiger partial charge is 0.112 e. The first-order valence-corrected chi connectivity index (χ1v) is 6.50. The van der Waals surface area contributed by atoms with E-state index in [1.807, 2.05) is 24.1 Å². The van der Waals surface area contributed by atoms with Crippen LogP contribution < -0.4 is 4.90 Å². The average molecular weight is 310 g/mol. The van der Waals surface area contributed by atoms with Crippen molar-refractivity contribution >= 4 is 32.7 Å². The predicted molar refractivity (Wildman–Crippen MR) is 76.8 cm³/mol. The molecule has 4 nitrogen and oxygen atoms in total. The first-order valence-electron chi connectivity index (χ1n) is 5.70. The molecule has 2 aromatic heterocycles. The maximum Gasteiger partial charge on any atom is 0.112 e. The number of rotatable bonds is 3. The van der Waals surface area contributed by atoms with Gasteiger partial charge in [0.15, 0.2) is 0 Å². The van der Waals surface area contributed by atoms with Crippen molar-refractivity contribution in [3.05, 3.63) is 29.0 Å². The third-order valence-corrected chi connectivity index (χ3v) is 2.99. The van der Waals surface area contributed by atoms with E-state index in [1.165, 1.54) is 0 Å². The molecule has 2 heterocycles. The Hall–Kier alpha value is -1.20. The lowest BCUT2D eigenvalue weighted by molar-refractivity contribution is 0.0887. The predicted octanol–water partition coefficient (Wildman–Crippen LogP) is 2.60. The third-order valence-electron chi connectivity index (χ3n) is 2.56. The number of hydrogen-bond donors (Lipinski definition) is 1. The number of aliphatic hydroxyl groups is 1. The topological polar surface area (TPSA) is 49.2 Å². The average Bonchev–Trinajstić information content (AvgIpc) is 2.25. The van der Waals surface area contributed by atoms with Crippen LogP contribution in [0.25, 0.3) is 11.0 Å². The molecule has 2 rings (SSSR count). The largest absolute Gasteiger partial charge is 0.389 e. The van der Waals surface area contributed by atoms with E-state index in [2.05, 4.69) is 25.9 Å². The zero-order valence-electron chi connectivity index (χ0n) is 10.7. The van der Waals surface area contributed by atoms with Gasteiger partial charge in [0.05, 0.1) is 16.8 Å². The minimum Gasteiger partial charge on any atom is -0.389 e. The van der Waals surface area contributed by atoms with Crippen LogP contribution in [0.4, 0.5) is 5.69 Å². The molecule has 0 aliphatic heterocycles. The van der Waals surface area contributed by atoms with Gasteiger partial charge in [0.1, 0.15) is 5.52 Å². The van der Waals surface area contributed by atoms with E-state index in [4.69, 9.17) is 0 Å². The van der Waals surface area contributed by atoms with Crippen molar-refractivity contribution in [2.45, 2.75) is 19.4 Å². The fourth-order valence-corrected chi connectivity index (χ4v) is 2.28. The second kappa shape index (κ2) is 4.82. The summed E-state index contributed by atoms with van der Waals surface area (Å²) < 4.78 is 0.907. The lowest BCUT2D eigenvalue weighted by Crippen LogP contribution is -2.36. The molecule has 0 fully saturated rings. The van der Waals surface area contributed by atoms with Crippen molar-refractivity contribution in [2.24, 2.45) is 0 Å². The van der Waals surface area contributed by atoms with Crippen LogP contribution in [0.1, 0.15) is 13.8 Å². The van der Waals surface area contributed by atoms with Crippen LogP contribution in [0.5, 0.6) is 0 Å². The van der Waals surface area contributed by atoms with Gasteiger partial charge in [0, 0.05) is 30.5 Å². The fourth-order valence-electron chi connectivity index (χ4n) is 1.97. The van der Waals surface area contributed by atoms with Gasteiger partial charge in [-0.3, -0.25) is 9.97 Å². The number of hydrogen-bond acceptors (Lipinski definition) is 4. The summed E-state index contributed by atoms with van der Waals surface area (Å²) in [6.07, 6.45) is 3.51. The molecule has 0 spiro atoms. The Morgan fingerprint density at radius 3 is 2.78 bits per heavy atom. The van der Waals surface area contributed by atoms with Crippen LogP contribution in [-0.2, 0) is 0 Å². The Kier molecular flexibility index (Phi) is 3.54. The van der Waals surface area contributed by atoms with Crippen molar-refractivity contribution < 1.29 is 5.11 Å². The number of likely N-dealkylation sites (N-methyl/N-ethyl adjacent to an activating group) is 1. The molecule has 0 aromatic carbocycles. The summed E-state index contributed by atoms with van der Waals surface area (Å²) >= 11 is 3.39. The lowest BCUT2D eigenvalue weighted by atomic mass is 10.1. The maximum atomic E-state index is 9.88. The summed E-state index contributed by atoms with van der Waals surface area (Å²) in [6.45, 7) is 4.11. The van der Waals surface area contributed by atoms with E-state index in [9.17, 15) is 5.11 Å². The van der Waals surface area contributed by atoms with Gasteiger partial charge in [0.2, 0.25) is 0 Å². The highest BCUT2D eigenvalue weighted by atomic mass is 79.9. The van der Waals surface area contributed by atoms with Crippen LogP contribution in [0.15, 0.2) is 29.0 Å². The van der Waals surface area contributed by atoms with Gasteiger partial charge in [-0.05, 0) is 41.9 Å². The molecule has 0 aliphatic rings. The van der Waals surface area contributed by atoms with Gasteiger partial charge < -0.3 is 10.0 Å². The quantitative estimate of drug-likeness (QED) is 0.947. The summed E-state index contributed by atoms with van der Waals surface area (Å²) in [5.74, 6) is 0. The van der Waals surface area contributed by atoms with E-state index >= 15 is 0 Å². The van der Waals surface area contributed by atoms with Gasteiger partial charge in [-0.1, -0.05) is 0 Å². The molecule has 0 unspecified atom stereocenters. The van der Waals surface area contributed by atoms with E-state index in [0.717, 1.165) is 21.2 Å². The van der Waals surface area contributed by atoms with Crippen LogP contribution in [0.3, 0.4) is 0 Å². The molecule has 0 aliphatic carbocycles. The van der Waals surface area contributed by atoms with Crippen LogP contribution >= 0.6 is 15.9 Å². The Morgan fingerprint density at radius 1 is 1.39 bits per heavy atom. The zero-order chi connectivity index (χ0) is 13.3. The highest BCUT2D eigenvalue weighted by Gasteiger charge is 2.17. The Balaban J connectivity index is 2.45. The summed E-state index contributed by atoms with van der Waals surface area (Å²) in [6, 6.07) is 3.85. The molecule has 1 N–H and O–H groups in total. The van der Waals surface area contributed by atoms with Crippen molar-refractivity contribution in [1.29, 1.82) is 0 Å². The fraction of sp³-hybridized carbons (Fsp3) is 0.385. The molecule has 5 heteroatoms. The first-order chi connectivity index (χ1) is 8.37. The lowest BCUT2D eigenvalue weighted by Gasteiger charge is -2.27. The molecule has 0 atom stereocenters. The maximum absolute atomic E-state index is 9.88. The molecule has 96 valence electrons. The highest BCUT2D eigenvalue weighted by Crippen LogP contribution is 2.25. The summed E-state index contributed by atoms with van der Waals surface area (Å²) in [5, 5.41) is 9.88. The highest BCUT2D eigenvalue weighted by molar-refractivity contribution is 9.10. The van der Waals surface area contributed by atoms with Gasteiger partial charge in [-0.2, -0.15) is 0 Å². The van der Waals surface area contributed by atoms with Crippen LogP contribution in [-0.4, -0.2) is 34.3 Å². The molecular weight excluding hydrogens is 294 g/mol. The van der Waals surface area contributed by atoms with E-state index in [0.29, 0.717) is 6.54 Å². The zero-order valence-corrected chi connectivity index (χ0v) is 12.3. The van der Waals surface area contributed by atoms with Crippen molar-refractivity contribution in [2.75, 3.05) is 18.5 Å². The minimum absolute atomic E-state index is 0.532. The van der Waals surface area contributed by atoms with Crippen LogP contribution in [0, 0.1) is 0 Å². The van der Waals surface area contributed by atoms with Gasteiger partial charge >= 0.3 is 0 Å². The second-order valence-corrected chi connectivity index (χ2v) is 5.94. The number of fused-ring (bicyclic) bond motifs is 1. The third kappa shape index (κ3) is 2.97. The Bertz CT molecular complexity index is 566. The van der Waals surface area contributed by atoms with Crippen molar-refractivity contribution in [1.82, 2.24) is 9.97 Å². The molecule has 0 amide bonds. The van der Waals surface area contributed by atoms with Crippen molar-refractivity contribution in [3.8, 4) is 0 Å². The van der Waals surface area contributed by atoms with Crippen LogP contribution in [0.2, 0.25) is 0 Å². The first kappa shape index (κ1) is 13.2. The molecular formula is C13H16BrN3O. The summed E-state index contributed by atoms with van der Waals surface area (Å²) in [4.78, 5) is 10.7. The molecule has 0 saturated carbocycles. The van der Waals surface area contributed by atoms with Gasteiger partial charge in [0.25, 0.3) is 0 Å². The monoisotopic (exact) mass is 309 g/mol. The minimum atomic E-state index is -0.750.